The van der Waals surface area contributed by atoms with Gasteiger partial charge in [-0.05, 0) is 73.2 Å². The van der Waals surface area contributed by atoms with Crippen LogP contribution in [0.25, 0.3) is 23.0 Å². The number of nitrogens with zero attached hydrogens (tertiary/aromatic N) is 5. The fourth-order valence-electron chi connectivity index (χ4n) is 6.21. The number of primary amides is 1. The minimum absolute atomic E-state index is 0.156. The second kappa shape index (κ2) is 12.3. The van der Waals surface area contributed by atoms with Crippen molar-refractivity contribution in [2.75, 3.05) is 26.2 Å². The van der Waals surface area contributed by atoms with E-state index in [1.165, 1.54) is 11.8 Å². The predicted octanol–water partition coefficient (Wildman–Crippen LogP) is 4.37. The standard InChI is InChI=1S/C32H36N6O4S2/c1-21-15-22(2)19-37(18-21)44(41,42)27-10-6-7-24(16-27)29-25(20-38(35-29)26-8-4-3-5-9-26)17-28-31(40)34-32(43-28)36-13-11-23(12-14-36)30(33)39/h3-10,16-17,20-23H,11-15,18-19H2,1-2H3,(H2,33,39)/b28-17-. The lowest BCUT2D eigenvalue weighted by atomic mass is 9.94. The fourth-order valence-corrected chi connectivity index (χ4v) is 8.90. The molecule has 10 nitrogen and oxygen atoms in total. The summed E-state index contributed by atoms with van der Waals surface area (Å²) < 4.78 is 30.8. The van der Waals surface area contributed by atoms with E-state index in [4.69, 9.17) is 10.8 Å². The molecule has 0 saturated carbocycles. The summed E-state index contributed by atoms with van der Waals surface area (Å²) in [4.78, 5) is 31.6. The van der Waals surface area contributed by atoms with Crippen LogP contribution in [0.3, 0.4) is 0 Å². The second-order valence-corrected chi connectivity index (χ2v) is 14.9. The van der Waals surface area contributed by atoms with Crippen LogP contribution in [-0.4, -0.2) is 70.6 Å². The SMILES string of the molecule is CC1CC(C)CN(S(=O)(=O)c2cccc(-c3nn(-c4ccccc4)cc3/C=C3\SC(N4CCC(C(N)=O)CC4)=NC3=O)c2)C1. The van der Waals surface area contributed by atoms with Gasteiger partial charge in [0, 0.05) is 49.4 Å². The molecule has 12 heteroatoms. The molecule has 0 spiro atoms. The number of nitrogens with two attached hydrogens (primary N) is 1. The Kier molecular flexibility index (Phi) is 8.49. The Hall–Kier alpha value is -3.74. The first kappa shape index (κ1) is 30.3. The molecule has 2 atom stereocenters. The number of rotatable bonds is 6. The van der Waals surface area contributed by atoms with Gasteiger partial charge in [0.15, 0.2) is 5.17 Å². The van der Waals surface area contributed by atoms with E-state index in [0.29, 0.717) is 77.8 Å². The van der Waals surface area contributed by atoms with E-state index < -0.39 is 10.0 Å². The smallest absolute Gasteiger partial charge is 0.286 e. The van der Waals surface area contributed by atoms with Crippen molar-refractivity contribution < 1.29 is 18.0 Å². The van der Waals surface area contributed by atoms with Gasteiger partial charge in [-0.25, -0.2) is 13.1 Å². The summed E-state index contributed by atoms with van der Waals surface area (Å²) in [5, 5.41) is 5.47. The molecule has 0 bridgehead atoms. The highest BCUT2D eigenvalue weighted by Gasteiger charge is 2.33. The van der Waals surface area contributed by atoms with Crippen LogP contribution >= 0.6 is 11.8 Å². The van der Waals surface area contributed by atoms with Crippen molar-refractivity contribution in [3.05, 3.63) is 71.3 Å². The molecule has 230 valence electrons. The van der Waals surface area contributed by atoms with Crippen LogP contribution in [0.5, 0.6) is 0 Å². The third-order valence-electron chi connectivity index (χ3n) is 8.41. The van der Waals surface area contributed by atoms with Gasteiger partial charge >= 0.3 is 0 Å². The summed E-state index contributed by atoms with van der Waals surface area (Å²) in [5.41, 5.74) is 8.18. The Morgan fingerprint density at radius 1 is 1.02 bits per heavy atom. The Bertz CT molecular complexity index is 1730. The molecule has 2 amide bonds. The molecule has 3 aromatic rings. The van der Waals surface area contributed by atoms with Crippen LogP contribution in [0.15, 0.2) is 75.6 Å². The number of piperidine rings is 2. The average molecular weight is 633 g/mol. The number of hydrogen-bond acceptors (Lipinski definition) is 7. The molecule has 44 heavy (non-hydrogen) atoms. The van der Waals surface area contributed by atoms with Gasteiger partial charge in [0.05, 0.1) is 15.5 Å². The molecule has 1 aromatic heterocycles. The highest BCUT2D eigenvalue weighted by molar-refractivity contribution is 8.18. The Labute approximate surface area is 262 Å². The summed E-state index contributed by atoms with van der Waals surface area (Å²) in [6.45, 7) is 6.38. The van der Waals surface area contributed by atoms with Gasteiger partial charge in [0.2, 0.25) is 15.9 Å². The topological polar surface area (TPSA) is 131 Å². The largest absolute Gasteiger partial charge is 0.369 e. The van der Waals surface area contributed by atoms with Crippen molar-refractivity contribution in [2.24, 2.45) is 28.5 Å². The number of amides is 2. The van der Waals surface area contributed by atoms with Gasteiger partial charge in [-0.1, -0.05) is 44.2 Å². The number of para-hydroxylation sites is 1. The molecule has 2 N–H and O–H groups in total. The summed E-state index contributed by atoms with van der Waals surface area (Å²) in [5.74, 6) is -0.205. The van der Waals surface area contributed by atoms with Crippen LogP contribution in [-0.2, 0) is 19.6 Å². The van der Waals surface area contributed by atoms with Crippen molar-refractivity contribution in [3.8, 4) is 16.9 Å². The number of carbonyl (C=O) groups excluding carboxylic acids is 2. The molecular weight excluding hydrogens is 597 g/mol. The molecular formula is C32H36N6O4S2. The van der Waals surface area contributed by atoms with Crippen molar-refractivity contribution >= 4 is 44.8 Å². The van der Waals surface area contributed by atoms with Gasteiger partial charge in [-0.2, -0.15) is 14.4 Å². The van der Waals surface area contributed by atoms with Crippen molar-refractivity contribution in [3.63, 3.8) is 0 Å². The molecule has 6 rings (SSSR count). The molecule has 4 heterocycles. The van der Waals surface area contributed by atoms with Gasteiger partial charge < -0.3 is 10.6 Å². The van der Waals surface area contributed by atoms with E-state index >= 15 is 0 Å². The molecule has 2 aromatic carbocycles. The van der Waals surface area contributed by atoms with Crippen LogP contribution in [0.2, 0.25) is 0 Å². The Morgan fingerprint density at radius 3 is 2.41 bits per heavy atom. The van der Waals surface area contributed by atoms with E-state index in [1.807, 2.05) is 47.5 Å². The fraction of sp³-hybridized carbons (Fsp3) is 0.375. The van der Waals surface area contributed by atoms with Crippen LogP contribution in [0.1, 0.15) is 38.7 Å². The number of hydrogen-bond donors (Lipinski definition) is 1. The van der Waals surface area contributed by atoms with Gasteiger partial charge in [0.1, 0.15) is 5.69 Å². The van der Waals surface area contributed by atoms with E-state index in [2.05, 4.69) is 18.8 Å². The van der Waals surface area contributed by atoms with E-state index in [1.54, 1.807) is 33.3 Å². The van der Waals surface area contributed by atoms with Crippen LogP contribution in [0.4, 0.5) is 0 Å². The Morgan fingerprint density at radius 2 is 1.73 bits per heavy atom. The zero-order chi connectivity index (χ0) is 31.0. The van der Waals surface area contributed by atoms with Gasteiger partial charge in [0.25, 0.3) is 5.91 Å². The lowest BCUT2D eigenvalue weighted by Crippen LogP contribution is -2.42. The van der Waals surface area contributed by atoms with Crippen LogP contribution in [0, 0.1) is 17.8 Å². The third-order valence-corrected chi connectivity index (χ3v) is 11.3. The van der Waals surface area contributed by atoms with Gasteiger partial charge in [-0.15, -0.1) is 0 Å². The summed E-state index contributed by atoms with van der Waals surface area (Å²) in [7, 11) is -3.70. The maximum Gasteiger partial charge on any atom is 0.286 e. The first-order valence-corrected chi connectivity index (χ1v) is 17.2. The number of sulfonamides is 1. The lowest BCUT2D eigenvalue weighted by Gasteiger charge is -2.34. The quantitative estimate of drug-likeness (QED) is 0.399. The van der Waals surface area contributed by atoms with E-state index in [9.17, 15) is 18.0 Å². The number of aliphatic imine (C=N–C) groups is 1. The summed E-state index contributed by atoms with van der Waals surface area (Å²) in [6, 6.07) is 16.5. The van der Waals surface area contributed by atoms with E-state index in [-0.39, 0.29) is 22.6 Å². The summed E-state index contributed by atoms with van der Waals surface area (Å²) >= 11 is 1.30. The number of aromatic nitrogens is 2. The molecule has 2 fully saturated rings. The number of thioether (sulfide) groups is 1. The zero-order valence-corrected chi connectivity index (χ0v) is 26.4. The highest BCUT2D eigenvalue weighted by Crippen LogP contribution is 2.35. The second-order valence-electron chi connectivity index (χ2n) is 12.0. The van der Waals surface area contributed by atoms with E-state index in [0.717, 1.165) is 12.1 Å². The zero-order valence-electron chi connectivity index (χ0n) is 24.8. The lowest BCUT2D eigenvalue weighted by molar-refractivity contribution is -0.123. The normalized spacial score (nSPS) is 22.9. The third kappa shape index (κ3) is 6.24. The minimum Gasteiger partial charge on any atom is -0.369 e. The highest BCUT2D eigenvalue weighted by atomic mass is 32.2. The summed E-state index contributed by atoms with van der Waals surface area (Å²) in [6.07, 6.45) is 5.89. The number of benzene rings is 2. The molecule has 2 unspecified atom stereocenters. The number of likely N-dealkylation sites (tertiary alicyclic amines) is 1. The number of amidine groups is 1. The maximum absolute atomic E-state index is 13.7. The molecule has 3 aliphatic heterocycles. The number of carbonyl (C=O) groups is 2. The first-order chi connectivity index (χ1) is 21.1. The molecule has 0 aliphatic carbocycles. The first-order valence-electron chi connectivity index (χ1n) is 14.9. The van der Waals surface area contributed by atoms with Crippen molar-refractivity contribution in [2.45, 2.75) is 38.0 Å². The van der Waals surface area contributed by atoms with Crippen molar-refractivity contribution in [1.29, 1.82) is 0 Å². The molecule has 0 radical (unpaired) electrons. The maximum atomic E-state index is 13.7. The predicted molar refractivity (Wildman–Crippen MR) is 172 cm³/mol. The van der Waals surface area contributed by atoms with Crippen molar-refractivity contribution in [1.82, 2.24) is 19.0 Å². The average Bonchev–Trinajstić information content (AvgIpc) is 3.61. The minimum atomic E-state index is -3.70. The van der Waals surface area contributed by atoms with Crippen LogP contribution < -0.4 is 5.73 Å². The molecule has 2 saturated heterocycles. The Balaban J connectivity index is 1.33. The van der Waals surface area contributed by atoms with Gasteiger partial charge in [-0.3, -0.25) is 9.59 Å². The monoisotopic (exact) mass is 632 g/mol. The molecule has 3 aliphatic rings.